The van der Waals surface area contributed by atoms with Crippen LogP contribution in [0.4, 0.5) is 28.6 Å². The maximum absolute atomic E-state index is 9.75. The van der Waals surface area contributed by atoms with Crippen LogP contribution in [0.2, 0.25) is 0 Å². The molecule has 2 aromatic rings. The van der Waals surface area contributed by atoms with Gasteiger partial charge in [0, 0.05) is 19.2 Å². The second-order valence-corrected chi connectivity index (χ2v) is 6.62. The molecule has 0 amide bonds. The monoisotopic (exact) mass is 373 g/mol. The van der Waals surface area contributed by atoms with Crippen molar-refractivity contribution >= 4 is 30.4 Å². The molecule has 0 saturated heterocycles. The van der Waals surface area contributed by atoms with Crippen molar-refractivity contribution in [3.05, 3.63) is 48.5 Å². The lowest BCUT2D eigenvalue weighted by atomic mass is 10.1. The first-order valence-corrected chi connectivity index (χ1v) is 8.74. The minimum atomic E-state index is -6.00. The normalized spacial score (nSPS) is 14.8. The van der Waals surface area contributed by atoms with Gasteiger partial charge >= 0.3 is 7.25 Å². The molecule has 3 rings (SSSR count). The highest BCUT2D eigenvalue weighted by atomic mass is 32.2. The van der Waals surface area contributed by atoms with Gasteiger partial charge in [0.05, 0.1) is 22.9 Å². The molecule has 136 valence electrons. The van der Waals surface area contributed by atoms with Gasteiger partial charge in [-0.25, -0.2) is 0 Å². The summed E-state index contributed by atoms with van der Waals surface area (Å²) in [6, 6.07) is 17.5. The number of benzene rings is 2. The second-order valence-electron chi connectivity index (χ2n) is 5.53. The summed E-state index contributed by atoms with van der Waals surface area (Å²) in [5, 5.41) is 0. The summed E-state index contributed by atoms with van der Waals surface area (Å²) >= 11 is 1.88. The van der Waals surface area contributed by atoms with Crippen LogP contribution < -0.4 is 4.48 Å². The highest BCUT2D eigenvalue weighted by Crippen LogP contribution is 2.52. The average Bonchev–Trinajstić information content (AvgIpc) is 2.57. The summed E-state index contributed by atoms with van der Waals surface area (Å²) in [7, 11) is -4.22. The standard InChI is InChI=1S/C17H20NOS.BF4/c1-3-18(12-13-19-2)14-8-4-6-10-16(14)20-17-11-7-5-9-15(17)18;2-1(3,4)5/h4-11H,3,12-13H2,1-2H3;/q+1;-1. The molecule has 8 heteroatoms. The summed E-state index contributed by atoms with van der Waals surface area (Å²) in [5.41, 5.74) is 2.80. The second kappa shape index (κ2) is 8.25. The van der Waals surface area contributed by atoms with Gasteiger partial charge in [-0.15, -0.1) is 0 Å². The van der Waals surface area contributed by atoms with Gasteiger partial charge in [-0.05, 0) is 19.1 Å². The number of halogens is 4. The predicted molar refractivity (Wildman–Crippen MR) is 95.9 cm³/mol. The molecule has 1 heterocycles. The van der Waals surface area contributed by atoms with Crippen LogP contribution in [-0.4, -0.2) is 34.1 Å². The highest BCUT2D eigenvalue weighted by Gasteiger charge is 2.39. The molecule has 25 heavy (non-hydrogen) atoms. The van der Waals surface area contributed by atoms with Crippen molar-refractivity contribution in [1.82, 2.24) is 4.48 Å². The van der Waals surface area contributed by atoms with Gasteiger partial charge in [0.2, 0.25) is 0 Å². The van der Waals surface area contributed by atoms with E-state index in [0.717, 1.165) is 24.2 Å². The van der Waals surface area contributed by atoms with Crippen LogP contribution in [0.25, 0.3) is 0 Å². The molecule has 0 aromatic heterocycles. The van der Waals surface area contributed by atoms with E-state index in [1.165, 1.54) is 21.2 Å². The van der Waals surface area contributed by atoms with Crippen LogP contribution in [0.3, 0.4) is 0 Å². The van der Waals surface area contributed by atoms with E-state index >= 15 is 0 Å². The molecule has 0 aliphatic carbocycles. The maximum Gasteiger partial charge on any atom is 0.673 e. The summed E-state index contributed by atoms with van der Waals surface area (Å²) in [6.07, 6.45) is 0. The Hall–Kier alpha value is -1.51. The van der Waals surface area contributed by atoms with Gasteiger partial charge in [0.15, 0.2) is 11.4 Å². The Bertz CT molecular complexity index is 660. The molecule has 0 unspecified atom stereocenters. The van der Waals surface area contributed by atoms with E-state index < -0.39 is 7.25 Å². The predicted octanol–water partition coefficient (Wildman–Crippen LogP) is 5.76. The van der Waals surface area contributed by atoms with E-state index in [0.29, 0.717) is 0 Å². The molecule has 0 radical (unpaired) electrons. The van der Waals surface area contributed by atoms with Crippen LogP contribution in [0.15, 0.2) is 58.3 Å². The summed E-state index contributed by atoms with van der Waals surface area (Å²) < 4.78 is 45.3. The number of methoxy groups -OCH3 is 1. The Kier molecular flexibility index (Phi) is 6.54. The molecule has 0 N–H and O–H groups in total. The highest BCUT2D eigenvalue weighted by molar-refractivity contribution is 7.99. The lowest BCUT2D eigenvalue weighted by molar-refractivity contribution is 0.172. The fraction of sp³-hybridized carbons (Fsp3) is 0.294. The van der Waals surface area contributed by atoms with Gasteiger partial charge in [-0.1, -0.05) is 36.0 Å². The third-order valence-corrected chi connectivity index (χ3v) is 5.22. The fourth-order valence-corrected chi connectivity index (χ4v) is 4.25. The van der Waals surface area contributed by atoms with Crippen molar-refractivity contribution in [1.29, 1.82) is 0 Å². The van der Waals surface area contributed by atoms with Crippen LogP contribution in [0.1, 0.15) is 6.92 Å². The van der Waals surface area contributed by atoms with E-state index in [1.807, 2.05) is 11.8 Å². The topological polar surface area (TPSA) is 9.23 Å². The maximum atomic E-state index is 9.75. The molecular formula is C17H20BF4NOS. The van der Waals surface area contributed by atoms with Gasteiger partial charge < -0.3 is 22.0 Å². The molecule has 0 bridgehead atoms. The Labute approximate surface area is 149 Å². The first kappa shape index (κ1) is 19.8. The van der Waals surface area contributed by atoms with Crippen LogP contribution in [0.5, 0.6) is 0 Å². The van der Waals surface area contributed by atoms with Gasteiger partial charge in [-0.2, -0.15) is 0 Å². The fourth-order valence-electron chi connectivity index (χ4n) is 3.03. The Morgan fingerprint density at radius 1 is 0.920 bits per heavy atom. The van der Waals surface area contributed by atoms with Gasteiger partial charge in [0.1, 0.15) is 6.54 Å². The molecule has 2 nitrogen and oxygen atoms in total. The lowest BCUT2D eigenvalue weighted by Crippen LogP contribution is -2.48. The number of ether oxygens (including phenoxy) is 1. The molecule has 0 spiro atoms. The zero-order valence-corrected chi connectivity index (χ0v) is 14.9. The minimum absolute atomic E-state index is 0.765. The minimum Gasteiger partial charge on any atom is -0.418 e. The van der Waals surface area contributed by atoms with Crippen molar-refractivity contribution in [3.8, 4) is 0 Å². The van der Waals surface area contributed by atoms with Crippen molar-refractivity contribution in [2.45, 2.75) is 16.7 Å². The third kappa shape index (κ3) is 4.77. The number of hydrogen-bond donors (Lipinski definition) is 0. The first-order chi connectivity index (χ1) is 11.8. The number of rotatable bonds is 4. The average molecular weight is 373 g/mol. The van der Waals surface area contributed by atoms with Gasteiger partial charge in [-0.3, -0.25) is 4.48 Å². The first-order valence-electron chi connectivity index (χ1n) is 7.92. The smallest absolute Gasteiger partial charge is 0.418 e. The van der Waals surface area contributed by atoms with Crippen LogP contribution in [-0.2, 0) is 4.74 Å². The lowest BCUT2D eigenvalue weighted by Gasteiger charge is -2.41. The zero-order chi connectivity index (χ0) is 18.5. The molecule has 0 fully saturated rings. The number of fused-ring (bicyclic) bond motifs is 2. The Morgan fingerprint density at radius 3 is 1.76 bits per heavy atom. The SMILES string of the molecule is CC[N+]1(CCOC)c2ccccc2Sc2ccccc21.F[B-](F)(F)F. The number of hydrogen-bond acceptors (Lipinski definition) is 2. The zero-order valence-electron chi connectivity index (χ0n) is 14.1. The largest absolute Gasteiger partial charge is 0.673 e. The van der Waals surface area contributed by atoms with Crippen molar-refractivity contribution in [2.24, 2.45) is 0 Å². The summed E-state index contributed by atoms with van der Waals surface area (Å²) in [4.78, 5) is 2.73. The third-order valence-electron chi connectivity index (χ3n) is 4.09. The summed E-state index contributed by atoms with van der Waals surface area (Å²) in [6.45, 7) is 5.04. The molecule has 1 aliphatic heterocycles. The summed E-state index contributed by atoms with van der Waals surface area (Å²) in [5.74, 6) is 0. The molecule has 0 atom stereocenters. The van der Waals surface area contributed by atoms with Crippen LogP contribution in [0, 0.1) is 0 Å². The Balaban J connectivity index is 0.000000399. The van der Waals surface area contributed by atoms with E-state index in [4.69, 9.17) is 4.74 Å². The van der Waals surface area contributed by atoms with E-state index in [1.54, 1.807) is 7.11 Å². The molecule has 2 aromatic carbocycles. The molecular weight excluding hydrogens is 353 g/mol. The van der Waals surface area contributed by atoms with Crippen molar-refractivity contribution < 1.29 is 22.0 Å². The number of nitrogens with zero attached hydrogens (tertiary/aromatic N) is 1. The quantitative estimate of drug-likeness (QED) is 0.383. The Morgan fingerprint density at radius 2 is 1.36 bits per heavy atom. The number of likely N-dealkylation sites (N-methyl/N-ethyl adjacent to an activating group) is 1. The van der Waals surface area contributed by atoms with E-state index in [9.17, 15) is 17.3 Å². The van der Waals surface area contributed by atoms with Crippen molar-refractivity contribution in [2.75, 3.05) is 26.8 Å². The van der Waals surface area contributed by atoms with E-state index in [-0.39, 0.29) is 0 Å². The van der Waals surface area contributed by atoms with Crippen LogP contribution >= 0.6 is 11.8 Å². The number of para-hydroxylation sites is 2. The van der Waals surface area contributed by atoms with Crippen molar-refractivity contribution in [3.63, 3.8) is 0 Å². The molecule has 1 aliphatic rings. The van der Waals surface area contributed by atoms with Gasteiger partial charge in [0.25, 0.3) is 0 Å². The number of quaternary nitrogens is 1. The van der Waals surface area contributed by atoms with E-state index in [2.05, 4.69) is 55.5 Å². The molecule has 0 saturated carbocycles.